The second kappa shape index (κ2) is 5.04. The molecule has 1 aliphatic heterocycles. The Bertz CT molecular complexity index is 869. The summed E-state index contributed by atoms with van der Waals surface area (Å²) in [6.07, 6.45) is 3.98. The van der Waals surface area contributed by atoms with Gasteiger partial charge in [0.2, 0.25) is 0 Å². The number of H-pyrrole nitrogens is 2. The van der Waals surface area contributed by atoms with Gasteiger partial charge in [-0.25, -0.2) is 4.98 Å². The molecule has 7 heteroatoms. The van der Waals surface area contributed by atoms with Crippen LogP contribution >= 0.6 is 23.2 Å². The first-order valence-corrected chi connectivity index (χ1v) is 7.67. The first kappa shape index (κ1) is 13.7. The maximum absolute atomic E-state index is 12.4. The van der Waals surface area contributed by atoms with Crippen molar-refractivity contribution in [3.8, 4) is 0 Å². The van der Waals surface area contributed by atoms with Crippen LogP contribution in [0, 0.1) is 0 Å². The van der Waals surface area contributed by atoms with Crippen molar-refractivity contribution in [2.45, 2.75) is 13.0 Å². The van der Waals surface area contributed by atoms with Crippen molar-refractivity contribution in [1.29, 1.82) is 0 Å². The molecule has 1 amide bonds. The predicted octanol–water partition coefficient (Wildman–Crippen LogP) is 3.40. The third-order valence-electron chi connectivity index (χ3n) is 4.03. The molecule has 0 saturated carbocycles. The predicted molar refractivity (Wildman–Crippen MR) is 85.4 cm³/mol. The van der Waals surface area contributed by atoms with Crippen LogP contribution < -0.4 is 0 Å². The molecule has 22 heavy (non-hydrogen) atoms. The molecule has 3 heterocycles. The van der Waals surface area contributed by atoms with Gasteiger partial charge in [0, 0.05) is 48.5 Å². The third kappa shape index (κ3) is 2.01. The topological polar surface area (TPSA) is 64.8 Å². The molecule has 4 rings (SSSR count). The van der Waals surface area contributed by atoms with Crippen LogP contribution in [0.3, 0.4) is 0 Å². The fraction of sp³-hybridized carbons (Fsp3) is 0.200. The molecule has 0 unspecified atom stereocenters. The first-order chi connectivity index (χ1) is 10.6. The van der Waals surface area contributed by atoms with Gasteiger partial charge < -0.3 is 14.9 Å². The van der Waals surface area contributed by atoms with Gasteiger partial charge in [-0.2, -0.15) is 0 Å². The van der Waals surface area contributed by atoms with Crippen molar-refractivity contribution in [3.63, 3.8) is 0 Å². The fourth-order valence-electron chi connectivity index (χ4n) is 2.93. The van der Waals surface area contributed by atoms with Crippen LogP contribution in [0.25, 0.3) is 10.9 Å². The number of halogens is 2. The van der Waals surface area contributed by atoms with Gasteiger partial charge in [-0.1, -0.05) is 29.3 Å². The van der Waals surface area contributed by atoms with Crippen LogP contribution in [-0.4, -0.2) is 32.3 Å². The largest absolute Gasteiger partial charge is 0.357 e. The molecule has 2 N–H and O–H groups in total. The number of aromatic nitrogens is 3. The number of carbonyl (C=O) groups excluding carboxylic acids is 1. The quantitative estimate of drug-likeness (QED) is 0.716. The number of hydrogen-bond donors (Lipinski definition) is 2. The second-order valence-electron chi connectivity index (χ2n) is 5.28. The summed E-state index contributed by atoms with van der Waals surface area (Å²) >= 11 is 12.3. The molecule has 112 valence electrons. The lowest BCUT2D eigenvalue weighted by molar-refractivity contribution is 0.0724. The SMILES string of the molecule is O=C(c1ncc[nH]1)N1CCc2[nH]c3c(Cl)c(Cl)ccc3c2C1. The van der Waals surface area contributed by atoms with E-state index in [2.05, 4.69) is 15.0 Å². The van der Waals surface area contributed by atoms with E-state index >= 15 is 0 Å². The summed E-state index contributed by atoms with van der Waals surface area (Å²) in [5, 5.41) is 2.06. The lowest BCUT2D eigenvalue weighted by Gasteiger charge is -2.26. The van der Waals surface area contributed by atoms with E-state index in [0.29, 0.717) is 29.0 Å². The zero-order valence-corrected chi connectivity index (χ0v) is 13.0. The smallest absolute Gasteiger partial charge is 0.289 e. The van der Waals surface area contributed by atoms with E-state index < -0.39 is 0 Å². The maximum Gasteiger partial charge on any atom is 0.289 e. The van der Waals surface area contributed by atoms with Crippen LogP contribution in [0.2, 0.25) is 10.0 Å². The highest BCUT2D eigenvalue weighted by atomic mass is 35.5. The van der Waals surface area contributed by atoms with Crippen molar-refractivity contribution >= 4 is 40.0 Å². The van der Waals surface area contributed by atoms with Gasteiger partial charge in [0.15, 0.2) is 5.82 Å². The maximum atomic E-state index is 12.4. The van der Waals surface area contributed by atoms with Gasteiger partial charge in [0.25, 0.3) is 5.91 Å². The van der Waals surface area contributed by atoms with Gasteiger partial charge in [0.05, 0.1) is 15.6 Å². The summed E-state index contributed by atoms with van der Waals surface area (Å²) in [4.78, 5) is 24.4. The molecule has 3 aromatic rings. The highest BCUT2D eigenvalue weighted by Gasteiger charge is 2.26. The first-order valence-electron chi connectivity index (χ1n) is 6.91. The minimum atomic E-state index is -0.0925. The molecule has 0 bridgehead atoms. The van der Waals surface area contributed by atoms with E-state index in [0.717, 1.165) is 28.6 Å². The Hall–Kier alpha value is -1.98. The van der Waals surface area contributed by atoms with Crippen molar-refractivity contribution in [1.82, 2.24) is 19.9 Å². The molecular weight excluding hydrogens is 323 g/mol. The monoisotopic (exact) mass is 334 g/mol. The van der Waals surface area contributed by atoms with Gasteiger partial charge in [-0.05, 0) is 6.07 Å². The minimum absolute atomic E-state index is 0.0925. The van der Waals surface area contributed by atoms with Crippen LogP contribution in [-0.2, 0) is 13.0 Å². The normalized spacial score (nSPS) is 14.4. The Morgan fingerprint density at radius 1 is 1.32 bits per heavy atom. The number of nitrogens with one attached hydrogen (secondary N) is 2. The van der Waals surface area contributed by atoms with E-state index in [-0.39, 0.29) is 5.91 Å². The summed E-state index contributed by atoms with van der Waals surface area (Å²) in [5.74, 6) is 0.273. The molecule has 0 atom stereocenters. The van der Waals surface area contributed by atoms with Gasteiger partial charge in [0.1, 0.15) is 0 Å². The van der Waals surface area contributed by atoms with Crippen molar-refractivity contribution < 1.29 is 4.79 Å². The van der Waals surface area contributed by atoms with E-state index in [1.807, 2.05) is 6.07 Å². The lowest BCUT2D eigenvalue weighted by Crippen LogP contribution is -2.36. The highest BCUT2D eigenvalue weighted by Crippen LogP contribution is 2.35. The van der Waals surface area contributed by atoms with Crippen molar-refractivity contribution in [2.75, 3.05) is 6.54 Å². The number of aromatic amines is 2. The van der Waals surface area contributed by atoms with Crippen LogP contribution in [0.4, 0.5) is 0 Å². The summed E-state index contributed by atoms with van der Waals surface area (Å²) in [6, 6.07) is 3.73. The number of fused-ring (bicyclic) bond motifs is 3. The van der Waals surface area contributed by atoms with Crippen LogP contribution in [0.5, 0.6) is 0 Å². The second-order valence-corrected chi connectivity index (χ2v) is 6.07. The van der Waals surface area contributed by atoms with Crippen LogP contribution in [0.1, 0.15) is 21.9 Å². The van der Waals surface area contributed by atoms with Crippen molar-refractivity contribution in [2.24, 2.45) is 0 Å². The van der Waals surface area contributed by atoms with E-state index in [4.69, 9.17) is 23.2 Å². The van der Waals surface area contributed by atoms with E-state index in [1.54, 1.807) is 23.4 Å². The van der Waals surface area contributed by atoms with E-state index in [1.165, 1.54) is 0 Å². The standard InChI is InChI=1S/C15H12Cl2N4O/c16-10-2-1-8-9-7-21(15(22)14-18-4-5-19-14)6-3-11(9)20-13(8)12(10)17/h1-2,4-5,20H,3,6-7H2,(H,18,19). The molecule has 5 nitrogen and oxygen atoms in total. The Morgan fingerprint density at radius 3 is 2.95 bits per heavy atom. The molecule has 1 aromatic carbocycles. The lowest BCUT2D eigenvalue weighted by atomic mass is 10.0. The average Bonchev–Trinajstić information content (AvgIpc) is 3.17. The Morgan fingerprint density at radius 2 is 2.18 bits per heavy atom. The molecule has 0 saturated heterocycles. The number of imidazole rings is 1. The number of rotatable bonds is 1. The number of benzene rings is 1. The third-order valence-corrected chi connectivity index (χ3v) is 4.83. The van der Waals surface area contributed by atoms with Crippen molar-refractivity contribution in [3.05, 3.63) is 51.7 Å². The van der Waals surface area contributed by atoms with Gasteiger partial charge in [-0.3, -0.25) is 4.79 Å². The number of amides is 1. The minimum Gasteiger partial charge on any atom is -0.357 e. The Labute approximate surface area is 136 Å². The average molecular weight is 335 g/mol. The number of hydrogen-bond acceptors (Lipinski definition) is 2. The van der Waals surface area contributed by atoms with Gasteiger partial charge in [-0.15, -0.1) is 0 Å². The number of nitrogens with zero attached hydrogens (tertiary/aromatic N) is 2. The summed E-state index contributed by atoms with van der Waals surface area (Å²) in [6.45, 7) is 1.18. The Balaban J connectivity index is 1.74. The van der Waals surface area contributed by atoms with Crippen LogP contribution in [0.15, 0.2) is 24.5 Å². The molecule has 0 radical (unpaired) electrons. The molecule has 1 aliphatic rings. The molecule has 0 aliphatic carbocycles. The van der Waals surface area contributed by atoms with E-state index in [9.17, 15) is 4.79 Å². The fourth-order valence-corrected chi connectivity index (χ4v) is 3.30. The molecular formula is C15H12Cl2N4O. The summed E-state index contributed by atoms with van der Waals surface area (Å²) < 4.78 is 0. The molecule has 2 aromatic heterocycles. The highest BCUT2D eigenvalue weighted by molar-refractivity contribution is 6.45. The Kier molecular flexibility index (Phi) is 3.13. The molecule has 0 spiro atoms. The zero-order valence-electron chi connectivity index (χ0n) is 11.5. The zero-order chi connectivity index (χ0) is 15.3. The summed E-state index contributed by atoms with van der Waals surface area (Å²) in [5.41, 5.74) is 3.05. The van der Waals surface area contributed by atoms with Gasteiger partial charge >= 0.3 is 0 Å². The number of carbonyl (C=O) groups is 1. The molecule has 0 fully saturated rings. The summed E-state index contributed by atoms with van der Waals surface area (Å²) in [7, 11) is 0.